The second kappa shape index (κ2) is 10.3. The number of hydrogen-bond acceptors (Lipinski definition) is 6. The average Bonchev–Trinajstić information content (AvgIpc) is 3.38. The van der Waals surface area contributed by atoms with Crippen molar-refractivity contribution in [1.82, 2.24) is 9.88 Å². The quantitative estimate of drug-likeness (QED) is 0.368. The van der Waals surface area contributed by atoms with E-state index in [1.807, 2.05) is 42.5 Å². The first-order chi connectivity index (χ1) is 18.0. The lowest BCUT2D eigenvalue weighted by Gasteiger charge is -2.38. The highest BCUT2D eigenvalue weighted by molar-refractivity contribution is 6.36. The second-order valence-corrected chi connectivity index (χ2v) is 10.9. The Morgan fingerprint density at radius 3 is 2.49 bits per heavy atom. The summed E-state index contributed by atoms with van der Waals surface area (Å²) in [6.07, 6.45) is 3.48. The molecule has 37 heavy (non-hydrogen) atoms. The number of methoxy groups -OCH3 is 1. The van der Waals surface area contributed by atoms with Gasteiger partial charge in [-0.3, -0.25) is 4.90 Å². The zero-order chi connectivity index (χ0) is 25.4. The summed E-state index contributed by atoms with van der Waals surface area (Å²) in [7, 11) is 1.64. The van der Waals surface area contributed by atoms with Gasteiger partial charge in [0.25, 0.3) is 0 Å². The Morgan fingerprint density at radius 2 is 1.73 bits per heavy atom. The minimum atomic E-state index is 0.367. The lowest BCUT2D eigenvalue weighted by atomic mass is 9.78. The van der Waals surface area contributed by atoms with E-state index in [4.69, 9.17) is 47.1 Å². The van der Waals surface area contributed by atoms with Gasteiger partial charge in [-0.15, -0.1) is 0 Å². The van der Waals surface area contributed by atoms with E-state index in [1.165, 1.54) is 6.42 Å². The van der Waals surface area contributed by atoms with Crippen LogP contribution in [0.15, 0.2) is 42.5 Å². The Morgan fingerprint density at radius 1 is 0.946 bits per heavy atom. The molecule has 0 radical (unpaired) electrons. The maximum Gasteiger partial charge on any atom is 0.219 e. The predicted molar refractivity (Wildman–Crippen MR) is 145 cm³/mol. The number of pyridine rings is 1. The normalized spacial score (nSPS) is 18.8. The first-order valence-electron chi connectivity index (χ1n) is 12.8. The molecule has 8 heteroatoms. The average molecular weight is 541 g/mol. The van der Waals surface area contributed by atoms with Crippen molar-refractivity contribution < 1.29 is 18.9 Å². The van der Waals surface area contributed by atoms with Crippen LogP contribution in [-0.2, 0) is 11.3 Å². The Labute approximate surface area is 227 Å². The minimum absolute atomic E-state index is 0.367. The molecule has 3 aliphatic rings. The summed E-state index contributed by atoms with van der Waals surface area (Å²) in [6.45, 7) is 5.63. The van der Waals surface area contributed by atoms with Crippen molar-refractivity contribution in [2.24, 2.45) is 5.41 Å². The molecule has 0 N–H and O–H groups in total. The van der Waals surface area contributed by atoms with Crippen molar-refractivity contribution in [2.45, 2.75) is 25.8 Å². The van der Waals surface area contributed by atoms with E-state index in [9.17, 15) is 0 Å². The number of likely N-dealkylation sites (tertiary alicyclic amines) is 1. The first-order valence-corrected chi connectivity index (χ1v) is 13.5. The molecular weight excluding hydrogens is 511 g/mol. The first kappa shape index (κ1) is 24.8. The summed E-state index contributed by atoms with van der Waals surface area (Å²) in [5.41, 5.74) is 4.57. The van der Waals surface area contributed by atoms with Crippen molar-refractivity contribution >= 4 is 23.2 Å². The van der Waals surface area contributed by atoms with Gasteiger partial charge < -0.3 is 18.9 Å². The molecule has 2 saturated heterocycles. The highest BCUT2D eigenvalue weighted by Gasteiger charge is 2.38. The number of piperidine rings is 1. The minimum Gasteiger partial charge on any atom is -0.486 e. The SMILES string of the molecule is COc1nc(-c2cccc(-c3ccc4c(c3)OCCO4)c2Cl)cc(Cl)c1CN1CCC2(CCOC2)CC1. The maximum absolute atomic E-state index is 6.95. The van der Waals surface area contributed by atoms with Crippen LogP contribution in [0, 0.1) is 5.41 Å². The van der Waals surface area contributed by atoms with Crippen LogP contribution in [0.3, 0.4) is 0 Å². The molecule has 0 unspecified atom stereocenters. The van der Waals surface area contributed by atoms with Gasteiger partial charge in [-0.05, 0) is 61.5 Å². The number of benzene rings is 2. The van der Waals surface area contributed by atoms with Crippen molar-refractivity contribution in [3.8, 4) is 39.8 Å². The van der Waals surface area contributed by atoms with Crippen molar-refractivity contribution in [3.05, 3.63) is 58.1 Å². The molecule has 3 aliphatic heterocycles. The van der Waals surface area contributed by atoms with Crippen LogP contribution in [0.2, 0.25) is 10.0 Å². The smallest absolute Gasteiger partial charge is 0.219 e. The van der Waals surface area contributed by atoms with Gasteiger partial charge in [0.2, 0.25) is 5.88 Å². The van der Waals surface area contributed by atoms with Gasteiger partial charge in [0.1, 0.15) is 13.2 Å². The Hall–Kier alpha value is -2.51. The molecule has 1 spiro atoms. The number of fused-ring (bicyclic) bond motifs is 1. The largest absolute Gasteiger partial charge is 0.486 e. The zero-order valence-corrected chi connectivity index (χ0v) is 22.4. The lowest BCUT2D eigenvalue weighted by Crippen LogP contribution is -2.40. The molecule has 0 aliphatic carbocycles. The van der Waals surface area contributed by atoms with E-state index >= 15 is 0 Å². The van der Waals surface area contributed by atoms with Crippen molar-refractivity contribution in [3.63, 3.8) is 0 Å². The van der Waals surface area contributed by atoms with Crippen LogP contribution >= 0.6 is 23.2 Å². The zero-order valence-electron chi connectivity index (χ0n) is 20.9. The van der Waals surface area contributed by atoms with E-state index in [1.54, 1.807) is 7.11 Å². The molecular formula is C29H30Cl2N2O4. The van der Waals surface area contributed by atoms with Gasteiger partial charge in [0, 0.05) is 29.8 Å². The molecule has 1 aromatic heterocycles. The van der Waals surface area contributed by atoms with Crippen LogP contribution in [0.25, 0.3) is 22.4 Å². The number of halogens is 2. The number of nitrogens with zero attached hydrogens (tertiary/aromatic N) is 2. The maximum atomic E-state index is 6.95. The number of aromatic nitrogens is 1. The highest BCUT2D eigenvalue weighted by Crippen LogP contribution is 2.43. The van der Waals surface area contributed by atoms with E-state index in [2.05, 4.69) is 4.90 Å². The molecule has 0 amide bonds. The fourth-order valence-electron chi connectivity index (χ4n) is 5.59. The van der Waals surface area contributed by atoms with E-state index < -0.39 is 0 Å². The number of ether oxygens (including phenoxy) is 4. The fourth-order valence-corrected chi connectivity index (χ4v) is 6.16. The van der Waals surface area contributed by atoms with Gasteiger partial charge >= 0.3 is 0 Å². The van der Waals surface area contributed by atoms with E-state index in [0.29, 0.717) is 46.8 Å². The summed E-state index contributed by atoms with van der Waals surface area (Å²) < 4.78 is 22.8. The molecule has 6 rings (SSSR count). The molecule has 3 aromatic rings. The molecule has 0 bridgehead atoms. The van der Waals surface area contributed by atoms with Gasteiger partial charge in [-0.1, -0.05) is 47.5 Å². The molecule has 2 aromatic carbocycles. The topological polar surface area (TPSA) is 53.0 Å². The highest BCUT2D eigenvalue weighted by atomic mass is 35.5. The van der Waals surface area contributed by atoms with E-state index in [0.717, 1.165) is 72.9 Å². The van der Waals surface area contributed by atoms with Crippen LogP contribution in [0.1, 0.15) is 24.8 Å². The summed E-state index contributed by atoms with van der Waals surface area (Å²) in [6, 6.07) is 13.7. The molecule has 194 valence electrons. The van der Waals surface area contributed by atoms with Crippen LogP contribution in [-0.4, -0.2) is 56.5 Å². The second-order valence-electron chi connectivity index (χ2n) is 10.1. The molecule has 4 heterocycles. The fraction of sp³-hybridized carbons (Fsp3) is 0.414. The molecule has 0 saturated carbocycles. The number of rotatable bonds is 5. The summed E-state index contributed by atoms with van der Waals surface area (Å²) in [5, 5.41) is 1.23. The van der Waals surface area contributed by atoms with Crippen LogP contribution in [0.4, 0.5) is 0 Å². The van der Waals surface area contributed by atoms with Gasteiger partial charge in [-0.2, -0.15) is 0 Å². The van der Waals surface area contributed by atoms with Crippen LogP contribution in [0.5, 0.6) is 17.4 Å². The molecule has 6 nitrogen and oxygen atoms in total. The third kappa shape index (κ3) is 4.88. The van der Waals surface area contributed by atoms with Gasteiger partial charge in [0.15, 0.2) is 11.5 Å². The molecule has 0 atom stereocenters. The number of hydrogen-bond donors (Lipinski definition) is 0. The third-order valence-electron chi connectivity index (χ3n) is 7.84. The van der Waals surface area contributed by atoms with Crippen molar-refractivity contribution in [1.29, 1.82) is 0 Å². The molecule has 2 fully saturated rings. The Balaban J connectivity index is 1.27. The Bertz CT molecular complexity index is 1300. The van der Waals surface area contributed by atoms with Crippen LogP contribution < -0.4 is 14.2 Å². The van der Waals surface area contributed by atoms with Gasteiger partial charge in [-0.25, -0.2) is 4.98 Å². The van der Waals surface area contributed by atoms with Gasteiger partial charge in [0.05, 0.1) is 29.5 Å². The summed E-state index contributed by atoms with van der Waals surface area (Å²) in [4.78, 5) is 7.28. The Kier molecular flexibility index (Phi) is 6.93. The van der Waals surface area contributed by atoms with Crippen molar-refractivity contribution in [2.75, 3.05) is 46.6 Å². The monoisotopic (exact) mass is 540 g/mol. The summed E-state index contributed by atoms with van der Waals surface area (Å²) >= 11 is 13.8. The lowest BCUT2D eigenvalue weighted by molar-refractivity contribution is 0.0769. The third-order valence-corrected chi connectivity index (χ3v) is 8.58. The standard InChI is InChI=1S/C29H30Cl2N2O4/c1-34-28-22(17-33-10-7-29(8-11-33)9-12-35-18-29)23(30)16-24(32-28)21-4-2-3-20(27(21)31)19-5-6-25-26(15-19)37-14-13-36-25/h2-6,15-16H,7-14,17-18H2,1H3. The summed E-state index contributed by atoms with van der Waals surface area (Å²) in [5.74, 6) is 2.01. The van der Waals surface area contributed by atoms with E-state index in [-0.39, 0.29) is 0 Å². The predicted octanol–water partition coefficient (Wildman–Crippen LogP) is 6.50.